The smallest absolute Gasteiger partial charge is 0.323 e. The van der Waals surface area contributed by atoms with E-state index in [-0.39, 0.29) is 18.0 Å². The van der Waals surface area contributed by atoms with Crippen molar-refractivity contribution >= 4 is 11.8 Å². The molecule has 0 radical (unpaired) electrons. The van der Waals surface area contributed by atoms with Crippen LogP contribution in [0.2, 0.25) is 0 Å². The highest BCUT2D eigenvalue weighted by molar-refractivity contribution is 5.88. The minimum atomic E-state index is -0.170. The zero-order chi connectivity index (χ0) is 17.1. The summed E-state index contributed by atoms with van der Waals surface area (Å²) in [6.07, 6.45) is 5.75. The second kappa shape index (κ2) is 7.02. The maximum absolute atomic E-state index is 12.7. The highest BCUT2D eigenvalue weighted by Crippen LogP contribution is 2.29. The van der Waals surface area contributed by atoms with E-state index in [0.29, 0.717) is 24.1 Å². The molecule has 2 amide bonds. The van der Waals surface area contributed by atoms with E-state index in [4.69, 9.17) is 4.52 Å². The second-order valence-electron chi connectivity index (χ2n) is 6.51. The van der Waals surface area contributed by atoms with Crippen molar-refractivity contribution in [1.29, 1.82) is 0 Å². The van der Waals surface area contributed by atoms with Gasteiger partial charge in [0, 0.05) is 31.8 Å². The van der Waals surface area contributed by atoms with Gasteiger partial charge in [0.05, 0.1) is 6.04 Å². The number of amides is 2. The van der Waals surface area contributed by atoms with Crippen LogP contribution in [0.3, 0.4) is 0 Å². The van der Waals surface area contributed by atoms with Crippen molar-refractivity contribution in [3.63, 3.8) is 0 Å². The Morgan fingerprint density at radius 2 is 2.21 bits per heavy atom. The first-order chi connectivity index (χ1) is 11.5. The first kappa shape index (κ1) is 16.5. The summed E-state index contributed by atoms with van der Waals surface area (Å²) in [6, 6.07) is 1.44. The number of rotatable bonds is 3. The van der Waals surface area contributed by atoms with E-state index < -0.39 is 0 Å². The van der Waals surface area contributed by atoms with Crippen LogP contribution < -0.4 is 5.32 Å². The highest BCUT2D eigenvalue weighted by atomic mass is 16.5. The number of carbonyl (C=O) groups excluding carboxylic acids is 1. The van der Waals surface area contributed by atoms with Gasteiger partial charge in [-0.2, -0.15) is 10.1 Å². The molecule has 0 unspecified atom stereocenters. The fourth-order valence-electron chi connectivity index (χ4n) is 2.90. The molecule has 1 N–H and O–H groups in total. The summed E-state index contributed by atoms with van der Waals surface area (Å²) in [5.74, 6) is 1.92. The summed E-state index contributed by atoms with van der Waals surface area (Å²) < 4.78 is 6.99. The van der Waals surface area contributed by atoms with Crippen molar-refractivity contribution < 1.29 is 9.32 Å². The van der Waals surface area contributed by atoms with Crippen LogP contribution in [0.1, 0.15) is 63.2 Å². The Bertz CT molecular complexity index is 692. The van der Waals surface area contributed by atoms with Gasteiger partial charge in [0.2, 0.25) is 5.89 Å². The highest BCUT2D eigenvalue weighted by Gasteiger charge is 2.31. The molecule has 1 aliphatic heterocycles. The summed E-state index contributed by atoms with van der Waals surface area (Å²) in [7, 11) is 1.82. The van der Waals surface area contributed by atoms with Crippen LogP contribution in [-0.2, 0) is 7.05 Å². The Labute approximate surface area is 141 Å². The molecule has 1 fully saturated rings. The SMILES string of the molecule is CC(C)c1nc([C@H]2CCCCCN2C(=O)Nc2ccn(C)n2)no1. The van der Waals surface area contributed by atoms with E-state index in [0.717, 1.165) is 25.7 Å². The van der Waals surface area contributed by atoms with E-state index in [1.165, 1.54) is 0 Å². The molecule has 2 aromatic rings. The van der Waals surface area contributed by atoms with Gasteiger partial charge in [-0.3, -0.25) is 10.00 Å². The molecule has 2 aromatic heterocycles. The van der Waals surface area contributed by atoms with Crippen LogP contribution in [0.15, 0.2) is 16.8 Å². The van der Waals surface area contributed by atoms with E-state index in [1.54, 1.807) is 21.8 Å². The van der Waals surface area contributed by atoms with Gasteiger partial charge in [-0.15, -0.1) is 0 Å². The van der Waals surface area contributed by atoms with Crippen LogP contribution in [0.25, 0.3) is 0 Å². The standard InChI is InChI=1S/C16H24N6O2/c1-11(2)15-18-14(20-24-15)12-7-5-4-6-9-22(12)16(23)17-13-8-10-21(3)19-13/h8,10-12H,4-7,9H2,1-3H3,(H,17,19,23)/t12-/m1/s1. The monoisotopic (exact) mass is 332 g/mol. The maximum Gasteiger partial charge on any atom is 0.323 e. The lowest BCUT2D eigenvalue weighted by Crippen LogP contribution is -2.38. The Hall–Kier alpha value is -2.38. The molecule has 0 spiro atoms. The van der Waals surface area contributed by atoms with Crippen molar-refractivity contribution in [2.24, 2.45) is 7.05 Å². The summed E-state index contributed by atoms with van der Waals surface area (Å²) in [5, 5.41) is 11.2. The fourth-order valence-corrected chi connectivity index (χ4v) is 2.90. The molecule has 3 heterocycles. The third kappa shape index (κ3) is 3.58. The van der Waals surface area contributed by atoms with Crippen molar-refractivity contribution in [3.8, 4) is 0 Å². The summed E-state index contributed by atoms with van der Waals surface area (Å²) in [4.78, 5) is 19.0. The normalized spacial score (nSPS) is 18.7. The largest absolute Gasteiger partial charge is 0.339 e. The molecule has 0 saturated carbocycles. The number of urea groups is 1. The summed E-state index contributed by atoms with van der Waals surface area (Å²) in [6.45, 7) is 4.70. The number of hydrogen-bond donors (Lipinski definition) is 1. The molecule has 1 saturated heterocycles. The van der Waals surface area contributed by atoms with Crippen LogP contribution in [-0.4, -0.2) is 37.4 Å². The molecular weight excluding hydrogens is 308 g/mol. The lowest BCUT2D eigenvalue weighted by atomic mass is 10.1. The zero-order valence-electron chi connectivity index (χ0n) is 14.4. The number of anilines is 1. The zero-order valence-corrected chi connectivity index (χ0v) is 14.4. The van der Waals surface area contributed by atoms with Crippen LogP contribution in [0.4, 0.5) is 10.6 Å². The van der Waals surface area contributed by atoms with E-state index >= 15 is 0 Å². The quantitative estimate of drug-likeness (QED) is 0.933. The first-order valence-corrected chi connectivity index (χ1v) is 8.45. The molecule has 130 valence electrons. The lowest BCUT2D eigenvalue weighted by molar-refractivity contribution is 0.184. The van der Waals surface area contributed by atoms with Gasteiger partial charge < -0.3 is 9.42 Å². The van der Waals surface area contributed by atoms with E-state index in [1.807, 2.05) is 20.9 Å². The molecule has 1 atom stereocenters. The van der Waals surface area contributed by atoms with Crippen LogP contribution in [0, 0.1) is 0 Å². The topological polar surface area (TPSA) is 89.1 Å². The average molecular weight is 332 g/mol. The summed E-state index contributed by atoms with van der Waals surface area (Å²) in [5.41, 5.74) is 0. The van der Waals surface area contributed by atoms with Gasteiger partial charge in [0.25, 0.3) is 0 Å². The minimum Gasteiger partial charge on any atom is -0.339 e. The second-order valence-corrected chi connectivity index (χ2v) is 6.51. The number of nitrogens with zero attached hydrogens (tertiary/aromatic N) is 5. The number of likely N-dealkylation sites (tertiary alicyclic amines) is 1. The number of hydrogen-bond acceptors (Lipinski definition) is 5. The Morgan fingerprint density at radius 3 is 2.88 bits per heavy atom. The van der Waals surface area contributed by atoms with Gasteiger partial charge in [-0.1, -0.05) is 31.8 Å². The van der Waals surface area contributed by atoms with Crippen LogP contribution >= 0.6 is 0 Å². The molecule has 0 bridgehead atoms. The Kier molecular flexibility index (Phi) is 4.82. The van der Waals surface area contributed by atoms with Crippen molar-refractivity contribution in [1.82, 2.24) is 24.8 Å². The van der Waals surface area contributed by atoms with Crippen molar-refractivity contribution in [2.75, 3.05) is 11.9 Å². The van der Waals surface area contributed by atoms with E-state index in [9.17, 15) is 4.79 Å². The van der Waals surface area contributed by atoms with Gasteiger partial charge >= 0.3 is 6.03 Å². The molecule has 8 heteroatoms. The number of aromatic nitrogens is 4. The van der Waals surface area contributed by atoms with Gasteiger partial charge in [-0.25, -0.2) is 4.79 Å². The maximum atomic E-state index is 12.7. The fraction of sp³-hybridized carbons (Fsp3) is 0.625. The average Bonchev–Trinajstić information content (AvgIpc) is 3.10. The molecule has 3 rings (SSSR count). The lowest BCUT2D eigenvalue weighted by Gasteiger charge is -2.27. The Morgan fingerprint density at radius 1 is 1.38 bits per heavy atom. The van der Waals surface area contributed by atoms with Gasteiger partial charge in [-0.05, 0) is 12.8 Å². The van der Waals surface area contributed by atoms with Crippen molar-refractivity contribution in [3.05, 3.63) is 24.0 Å². The predicted octanol–water partition coefficient (Wildman–Crippen LogP) is 3.08. The number of nitrogens with one attached hydrogen (secondary N) is 1. The third-order valence-corrected chi connectivity index (χ3v) is 4.21. The molecule has 0 aromatic carbocycles. The van der Waals surface area contributed by atoms with Crippen molar-refractivity contribution in [2.45, 2.75) is 51.5 Å². The summed E-state index contributed by atoms with van der Waals surface area (Å²) >= 11 is 0. The number of carbonyl (C=O) groups is 1. The Balaban J connectivity index is 1.79. The van der Waals surface area contributed by atoms with Gasteiger partial charge in [0.15, 0.2) is 11.6 Å². The van der Waals surface area contributed by atoms with Gasteiger partial charge in [0.1, 0.15) is 0 Å². The molecule has 8 nitrogen and oxygen atoms in total. The minimum absolute atomic E-state index is 0.160. The first-order valence-electron chi connectivity index (χ1n) is 8.45. The number of aryl methyl sites for hydroxylation is 1. The third-order valence-electron chi connectivity index (χ3n) is 4.21. The molecular formula is C16H24N6O2. The van der Waals surface area contributed by atoms with E-state index in [2.05, 4.69) is 20.6 Å². The molecule has 1 aliphatic rings. The molecule has 0 aliphatic carbocycles. The predicted molar refractivity (Wildman–Crippen MR) is 88.5 cm³/mol. The van der Waals surface area contributed by atoms with Crippen LogP contribution in [0.5, 0.6) is 0 Å². The molecule has 24 heavy (non-hydrogen) atoms.